The van der Waals surface area contributed by atoms with E-state index in [4.69, 9.17) is 14.5 Å². The van der Waals surface area contributed by atoms with Crippen molar-refractivity contribution in [1.29, 1.82) is 0 Å². The van der Waals surface area contributed by atoms with Gasteiger partial charge < -0.3 is 14.4 Å². The quantitative estimate of drug-likeness (QED) is 0.723. The fourth-order valence-corrected chi connectivity index (χ4v) is 4.04. The summed E-state index contributed by atoms with van der Waals surface area (Å²) >= 11 is 1.44. The number of nitrogens with zero attached hydrogens (tertiary/aromatic N) is 3. The number of fused-ring (bicyclic) bond motifs is 1. The first-order valence-corrected chi connectivity index (χ1v) is 8.99. The molecular formula is C18H19N3O3S. The first kappa shape index (κ1) is 16.1. The fraction of sp³-hybridized carbons (Fsp3) is 0.333. The Bertz CT molecular complexity index is 908. The highest BCUT2D eigenvalue weighted by atomic mass is 32.1. The number of aryl methyl sites for hydroxylation is 1. The zero-order valence-electron chi connectivity index (χ0n) is 14.2. The summed E-state index contributed by atoms with van der Waals surface area (Å²) in [5, 5.41) is 0. The van der Waals surface area contributed by atoms with Gasteiger partial charge >= 0.3 is 0 Å². The van der Waals surface area contributed by atoms with E-state index in [1.165, 1.54) is 11.3 Å². The molecule has 1 fully saturated rings. The number of imidazole rings is 1. The van der Waals surface area contributed by atoms with Crippen molar-refractivity contribution in [2.75, 3.05) is 33.4 Å². The fourth-order valence-electron chi connectivity index (χ4n) is 2.96. The second kappa shape index (κ2) is 6.50. The van der Waals surface area contributed by atoms with E-state index in [9.17, 15) is 4.79 Å². The van der Waals surface area contributed by atoms with Gasteiger partial charge in [0.1, 0.15) is 10.6 Å². The summed E-state index contributed by atoms with van der Waals surface area (Å²) in [6.45, 7) is 4.48. The number of methoxy groups -OCH3 is 1. The molecule has 1 amide bonds. The summed E-state index contributed by atoms with van der Waals surface area (Å²) in [5.41, 5.74) is 2.85. The van der Waals surface area contributed by atoms with E-state index < -0.39 is 0 Å². The lowest BCUT2D eigenvalue weighted by molar-refractivity contribution is 0.0305. The number of ether oxygens (including phenoxy) is 2. The van der Waals surface area contributed by atoms with Crippen LogP contribution >= 0.6 is 11.3 Å². The lowest BCUT2D eigenvalue weighted by Crippen LogP contribution is -2.40. The molecule has 1 aliphatic heterocycles. The first-order chi connectivity index (χ1) is 12.2. The van der Waals surface area contributed by atoms with E-state index in [1.54, 1.807) is 7.11 Å². The van der Waals surface area contributed by atoms with Gasteiger partial charge in [-0.1, -0.05) is 11.3 Å². The molecule has 0 atom stereocenters. The van der Waals surface area contributed by atoms with Crippen LogP contribution in [0.3, 0.4) is 0 Å². The monoisotopic (exact) mass is 357 g/mol. The van der Waals surface area contributed by atoms with Gasteiger partial charge in [0.15, 0.2) is 4.96 Å². The number of aromatic nitrogens is 2. The van der Waals surface area contributed by atoms with Gasteiger partial charge in [0.05, 0.1) is 26.0 Å². The van der Waals surface area contributed by atoms with Crippen molar-refractivity contribution in [1.82, 2.24) is 14.3 Å². The Balaban J connectivity index is 1.65. The van der Waals surface area contributed by atoms with Gasteiger partial charge in [0, 0.05) is 30.5 Å². The van der Waals surface area contributed by atoms with Crippen LogP contribution in [0.15, 0.2) is 30.5 Å². The highest BCUT2D eigenvalue weighted by molar-refractivity contribution is 7.19. The van der Waals surface area contributed by atoms with Crippen molar-refractivity contribution in [3.8, 4) is 17.0 Å². The Morgan fingerprint density at radius 3 is 2.60 bits per heavy atom. The van der Waals surface area contributed by atoms with Crippen LogP contribution in [0.1, 0.15) is 15.4 Å². The van der Waals surface area contributed by atoms with Crippen molar-refractivity contribution >= 4 is 22.2 Å². The number of carbonyl (C=O) groups excluding carboxylic acids is 1. The minimum atomic E-state index is 0.0716. The Kier molecular flexibility index (Phi) is 4.19. The molecule has 0 radical (unpaired) electrons. The lowest BCUT2D eigenvalue weighted by atomic mass is 10.2. The molecule has 0 unspecified atom stereocenters. The Morgan fingerprint density at radius 1 is 1.24 bits per heavy atom. The first-order valence-electron chi connectivity index (χ1n) is 8.17. The average molecular weight is 357 g/mol. The Hall–Kier alpha value is -2.38. The predicted octanol–water partition coefficient (Wildman–Crippen LogP) is 2.85. The molecule has 0 bridgehead atoms. The molecular weight excluding hydrogens is 338 g/mol. The van der Waals surface area contributed by atoms with E-state index in [2.05, 4.69) is 0 Å². The molecule has 0 spiro atoms. The van der Waals surface area contributed by atoms with Crippen LogP contribution in [0.25, 0.3) is 16.2 Å². The standard InChI is InChI=1S/C18H19N3O3S/c1-12-16(17(22)20-7-9-24-10-8-20)25-18-19-15(11-21(12)18)13-3-5-14(23-2)6-4-13/h3-6,11H,7-10H2,1-2H3. The number of benzene rings is 1. The van der Waals surface area contributed by atoms with Gasteiger partial charge in [-0.15, -0.1) is 0 Å². The number of amides is 1. The zero-order chi connectivity index (χ0) is 17.4. The number of rotatable bonds is 3. The van der Waals surface area contributed by atoms with E-state index in [0.717, 1.165) is 32.5 Å². The molecule has 1 aromatic carbocycles. The van der Waals surface area contributed by atoms with Crippen molar-refractivity contribution in [3.05, 3.63) is 41.0 Å². The number of hydrogen-bond donors (Lipinski definition) is 0. The summed E-state index contributed by atoms with van der Waals surface area (Å²) in [4.78, 5) is 20.9. The number of thiazole rings is 1. The molecule has 0 N–H and O–H groups in total. The van der Waals surface area contributed by atoms with Crippen molar-refractivity contribution < 1.29 is 14.3 Å². The molecule has 3 aromatic rings. The number of carbonyl (C=O) groups is 1. The normalized spacial score (nSPS) is 14.9. The Labute approximate surface area is 149 Å². The summed E-state index contributed by atoms with van der Waals surface area (Å²) in [7, 11) is 1.65. The molecule has 1 aliphatic rings. The van der Waals surface area contributed by atoms with E-state index in [1.807, 2.05) is 46.7 Å². The molecule has 3 heterocycles. The highest BCUT2D eigenvalue weighted by Gasteiger charge is 2.24. The van der Waals surface area contributed by atoms with Crippen molar-refractivity contribution in [3.63, 3.8) is 0 Å². The van der Waals surface area contributed by atoms with Gasteiger partial charge in [0.25, 0.3) is 5.91 Å². The maximum absolute atomic E-state index is 12.7. The van der Waals surface area contributed by atoms with Crippen LogP contribution in [-0.4, -0.2) is 53.6 Å². The molecule has 2 aromatic heterocycles. The van der Waals surface area contributed by atoms with Crippen LogP contribution in [0.2, 0.25) is 0 Å². The molecule has 25 heavy (non-hydrogen) atoms. The third kappa shape index (κ3) is 2.89. The maximum atomic E-state index is 12.7. The largest absolute Gasteiger partial charge is 0.497 e. The van der Waals surface area contributed by atoms with Gasteiger partial charge in [-0.2, -0.15) is 0 Å². The smallest absolute Gasteiger partial charge is 0.266 e. The maximum Gasteiger partial charge on any atom is 0.266 e. The molecule has 4 rings (SSSR count). The van der Waals surface area contributed by atoms with Crippen molar-refractivity contribution in [2.24, 2.45) is 0 Å². The van der Waals surface area contributed by atoms with Crippen LogP contribution in [0, 0.1) is 6.92 Å². The lowest BCUT2D eigenvalue weighted by Gasteiger charge is -2.26. The molecule has 6 nitrogen and oxygen atoms in total. The minimum absolute atomic E-state index is 0.0716. The second-order valence-corrected chi connectivity index (χ2v) is 6.91. The molecule has 7 heteroatoms. The molecule has 130 valence electrons. The summed E-state index contributed by atoms with van der Waals surface area (Å²) in [6, 6.07) is 7.81. The molecule has 0 saturated carbocycles. The van der Waals surface area contributed by atoms with Gasteiger partial charge in [0.2, 0.25) is 0 Å². The minimum Gasteiger partial charge on any atom is -0.497 e. The third-order valence-electron chi connectivity index (χ3n) is 4.44. The Morgan fingerprint density at radius 2 is 1.96 bits per heavy atom. The molecule has 1 saturated heterocycles. The zero-order valence-corrected chi connectivity index (χ0v) is 15.0. The number of morpholine rings is 1. The van der Waals surface area contributed by atoms with E-state index in [0.29, 0.717) is 26.3 Å². The van der Waals surface area contributed by atoms with Gasteiger partial charge in [-0.25, -0.2) is 4.98 Å². The van der Waals surface area contributed by atoms with Crippen LogP contribution < -0.4 is 4.74 Å². The van der Waals surface area contributed by atoms with E-state index in [-0.39, 0.29) is 5.91 Å². The summed E-state index contributed by atoms with van der Waals surface area (Å²) < 4.78 is 12.5. The van der Waals surface area contributed by atoms with Gasteiger partial charge in [-0.05, 0) is 31.2 Å². The highest BCUT2D eigenvalue weighted by Crippen LogP contribution is 2.29. The van der Waals surface area contributed by atoms with Crippen LogP contribution in [-0.2, 0) is 4.74 Å². The van der Waals surface area contributed by atoms with Gasteiger partial charge in [-0.3, -0.25) is 9.20 Å². The second-order valence-electron chi connectivity index (χ2n) is 5.93. The van der Waals surface area contributed by atoms with Crippen LogP contribution in [0.5, 0.6) is 5.75 Å². The summed E-state index contributed by atoms with van der Waals surface area (Å²) in [6.07, 6.45) is 1.99. The predicted molar refractivity (Wildman–Crippen MR) is 96.5 cm³/mol. The van der Waals surface area contributed by atoms with Crippen LogP contribution in [0.4, 0.5) is 0 Å². The topological polar surface area (TPSA) is 56.1 Å². The van der Waals surface area contributed by atoms with Crippen molar-refractivity contribution in [2.45, 2.75) is 6.92 Å². The molecule has 0 aliphatic carbocycles. The number of hydrogen-bond acceptors (Lipinski definition) is 5. The third-order valence-corrected chi connectivity index (χ3v) is 5.58. The average Bonchev–Trinajstić information content (AvgIpc) is 3.21. The SMILES string of the molecule is COc1ccc(-c2cn3c(C)c(C(=O)N4CCOCC4)sc3n2)cc1. The summed E-state index contributed by atoms with van der Waals surface area (Å²) in [5.74, 6) is 0.890. The van der Waals surface area contributed by atoms with E-state index >= 15 is 0 Å².